The van der Waals surface area contributed by atoms with Crippen LogP contribution in [0.2, 0.25) is 0 Å². The van der Waals surface area contributed by atoms with Gasteiger partial charge in [0.25, 0.3) is 0 Å². The first-order valence-corrected chi connectivity index (χ1v) is 4.32. The second-order valence-corrected chi connectivity index (χ2v) is 2.81. The van der Waals surface area contributed by atoms with E-state index in [9.17, 15) is 4.79 Å². The van der Waals surface area contributed by atoms with Crippen LogP contribution in [0.15, 0.2) is 29.4 Å². The molecular weight excluding hydrogens is 210 g/mol. The molecule has 6 nitrogen and oxygen atoms in total. The van der Waals surface area contributed by atoms with E-state index < -0.39 is 12.6 Å². The van der Waals surface area contributed by atoms with E-state index in [1.807, 2.05) is 6.07 Å². The zero-order valence-corrected chi connectivity index (χ0v) is 8.25. The van der Waals surface area contributed by atoms with Crippen LogP contribution in [-0.4, -0.2) is 23.5 Å². The maximum Gasteiger partial charge on any atom is 0.365 e. The van der Waals surface area contributed by atoms with Crippen molar-refractivity contribution in [3.05, 3.63) is 35.4 Å². The highest BCUT2D eigenvalue weighted by Gasteiger charge is 2.07. The van der Waals surface area contributed by atoms with Gasteiger partial charge in [0.15, 0.2) is 5.84 Å². The van der Waals surface area contributed by atoms with E-state index in [0.29, 0.717) is 5.56 Å². The van der Waals surface area contributed by atoms with Crippen LogP contribution in [0.5, 0.6) is 0 Å². The number of oxime groups is 1. The van der Waals surface area contributed by atoms with E-state index in [1.54, 1.807) is 12.1 Å². The van der Waals surface area contributed by atoms with Crippen molar-refractivity contribution in [3.63, 3.8) is 0 Å². The highest BCUT2D eigenvalue weighted by atomic mass is 16.7. The molecule has 0 unspecified atom stereocenters. The molecule has 0 saturated carbocycles. The summed E-state index contributed by atoms with van der Waals surface area (Å²) in [5.74, 6) is -0.946. The summed E-state index contributed by atoms with van der Waals surface area (Å²) >= 11 is 0. The Balaban J connectivity index is 2.78. The van der Waals surface area contributed by atoms with E-state index in [2.05, 4.69) is 9.99 Å². The number of hydrogen-bond donors (Lipinski definition) is 2. The molecule has 1 aromatic rings. The Hall–Kier alpha value is -2.39. The van der Waals surface area contributed by atoms with Gasteiger partial charge in [0.05, 0.1) is 17.2 Å². The molecule has 0 radical (unpaired) electrons. The first-order chi connectivity index (χ1) is 7.67. The highest BCUT2D eigenvalue weighted by Crippen LogP contribution is 2.05. The van der Waals surface area contributed by atoms with Gasteiger partial charge >= 0.3 is 5.97 Å². The minimum atomic E-state index is -0.742. The van der Waals surface area contributed by atoms with Gasteiger partial charge in [-0.25, -0.2) is 4.79 Å². The van der Waals surface area contributed by atoms with Gasteiger partial charge in [-0.1, -0.05) is 11.2 Å². The Morgan fingerprint density at radius 3 is 3.00 bits per heavy atom. The molecule has 16 heavy (non-hydrogen) atoms. The molecule has 6 heteroatoms. The van der Waals surface area contributed by atoms with E-state index in [4.69, 9.17) is 16.1 Å². The van der Waals surface area contributed by atoms with Gasteiger partial charge in [0.2, 0.25) is 0 Å². The standard InChI is InChI=1S/C10H9N3O3/c11-5-7-2-1-3-8(4-7)10(15)16-13-9(12)6-14/h1-4,14H,6H2,(H2,12,13). The van der Waals surface area contributed by atoms with Crippen molar-refractivity contribution in [2.45, 2.75) is 0 Å². The van der Waals surface area contributed by atoms with Gasteiger partial charge < -0.3 is 15.7 Å². The normalized spacial score (nSPS) is 10.6. The van der Waals surface area contributed by atoms with Gasteiger partial charge in [-0.15, -0.1) is 0 Å². The lowest BCUT2D eigenvalue weighted by Crippen LogP contribution is -2.17. The monoisotopic (exact) mass is 219 g/mol. The molecule has 1 aromatic carbocycles. The van der Waals surface area contributed by atoms with E-state index in [-0.39, 0.29) is 11.4 Å². The SMILES string of the molecule is N#Cc1cccc(C(=O)O/N=C(/N)CO)c1. The van der Waals surface area contributed by atoms with Gasteiger partial charge in [0, 0.05) is 0 Å². The zero-order valence-electron chi connectivity index (χ0n) is 8.25. The predicted molar refractivity (Wildman–Crippen MR) is 55.3 cm³/mol. The van der Waals surface area contributed by atoms with Crippen LogP contribution in [0.1, 0.15) is 15.9 Å². The number of rotatable bonds is 3. The van der Waals surface area contributed by atoms with Crippen molar-refractivity contribution >= 4 is 11.8 Å². The number of carbonyl (C=O) groups is 1. The fraction of sp³-hybridized carbons (Fsp3) is 0.100. The lowest BCUT2D eigenvalue weighted by atomic mass is 10.1. The number of benzene rings is 1. The molecule has 0 amide bonds. The number of nitrogens with two attached hydrogens (primary N) is 1. The van der Waals surface area contributed by atoms with Crippen LogP contribution in [0.25, 0.3) is 0 Å². The molecule has 82 valence electrons. The Morgan fingerprint density at radius 1 is 1.62 bits per heavy atom. The Kier molecular flexibility index (Phi) is 4.00. The lowest BCUT2D eigenvalue weighted by Gasteiger charge is -1.99. The summed E-state index contributed by atoms with van der Waals surface area (Å²) < 4.78 is 0. The lowest BCUT2D eigenvalue weighted by molar-refractivity contribution is 0.0513. The number of amidine groups is 1. The van der Waals surface area contributed by atoms with Crippen molar-refractivity contribution in [1.82, 2.24) is 0 Å². The summed E-state index contributed by atoms with van der Waals surface area (Å²) in [4.78, 5) is 15.8. The average molecular weight is 219 g/mol. The number of carbonyl (C=O) groups excluding carboxylic acids is 1. The second-order valence-electron chi connectivity index (χ2n) is 2.81. The Labute approximate surface area is 91.5 Å². The summed E-state index contributed by atoms with van der Waals surface area (Å²) in [6, 6.07) is 7.85. The van der Waals surface area contributed by atoms with E-state index in [0.717, 1.165) is 0 Å². The molecule has 0 aromatic heterocycles. The number of aliphatic hydroxyl groups excluding tert-OH is 1. The Morgan fingerprint density at radius 2 is 2.38 bits per heavy atom. The van der Waals surface area contributed by atoms with Gasteiger partial charge in [-0.2, -0.15) is 5.26 Å². The molecule has 0 spiro atoms. The Bertz CT molecular complexity index is 463. The average Bonchev–Trinajstić information content (AvgIpc) is 2.35. The third-order valence-corrected chi connectivity index (χ3v) is 1.64. The fourth-order valence-corrected chi connectivity index (χ4v) is 0.897. The molecule has 0 aliphatic carbocycles. The molecule has 0 fully saturated rings. The van der Waals surface area contributed by atoms with Crippen molar-refractivity contribution in [3.8, 4) is 6.07 Å². The number of nitriles is 1. The van der Waals surface area contributed by atoms with Crippen LogP contribution in [0.4, 0.5) is 0 Å². The minimum absolute atomic E-state index is 0.188. The topological polar surface area (TPSA) is 109 Å². The van der Waals surface area contributed by atoms with Crippen molar-refractivity contribution in [1.29, 1.82) is 5.26 Å². The highest BCUT2D eigenvalue weighted by molar-refractivity contribution is 5.90. The molecular formula is C10H9N3O3. The van der Waals surface area contributed by atoms with Crippen LogP contribution >= 0.6 is 0 Å². The predicted octanol–water partition coefficient (Wildman–Crippen LogP) is -0.0204. The maximum absolute atomic E-state index is 11.4. The quantitative estimate of drug-likeness (QED) is 0.321. The number of nitrogens with zero attached hydrogens (tertiary/aromatic N) is 2. The zero-order chi connectivity index (χ0) is 12.0. The molecule has 0 heterocycles. The third kappa shape index (κ3) is 3.08. The first kappa shape index (κ1) is 11.7. The van der Waals surface area contributed by atoms with E-state index >= 15 is 0 Å². The fourth-order valence-electron chi connectivity index (χ4n) is 0.897. The third-order valence-electron chi connectivity index (χ3n) is 1.64. The molecule has 0 aliphatic heterocycles. The van der Waals surface area contributed by atoms with Gasteiger partial charge in [0.1, 0.15) is 6.61 Å². The maximum atomic E-state index is 11.4. The smallest absolute Gasteiger partial charge is 0.365 e. The van der Waals surface area contributed by atoms with Crippen LogP contribution in [0.3, 0.4) is 0 Å². The summed E-state index contributed by atoms with van der Waals surface area (Å²) in [5.41, 5.74) is 5.66. The largest absolute Gasteiger partial charge is 0.388 e. The van der Waals surface area contributed by atoms with Gasteiger partial charge in [-0.05, 0) is 18.2 Å². The van der Waals surface area contributed by atoms with Gasteiger partial charge in [-0.3, -0.25) is 0 Å². The van der Waals surface area contributed by atoms with Crippen molar-refractivity contribution in [2.24, 2.45) is 10.9 Å². The van der Waals surface area contributed by atoms with E-state index in [1.165, 1.54) is 12.1 Å². The van der Waals surface area contributed by atoms with Crippen molar-refractivity contribution in [2.75, 3.05) is 6.61 Å². The summed E-state index contributed by atoms with van der Waals surface area (Å²) in [7, 11) is 0. The summed E-state index contributed by atoms with van der Waals surface area (Å²) in [5, 5.41) is 20.3. The van der Waals surface area contributed by atoms with Crippen LogP contribution in [0, 0.1) is 11.3 Å². The molecule has 1 rings (SSSR count). The first-order valence-electron chi connectivity index (χ1n) is 4.32. The van der Waals surface area contributed by atoms with Crippen LogP contribution in [-0.2, 0) is 4.84 Å². The molecule has 0 aliphatic rings. The summed E-state index contributed by atoms with van der Waals surface area (Å²) in [6.07, 6.45) is 0. The number of aliphatic hydroxyl groups is 1. The summed E-state index contributed by atoms with van der Waals surface area (Å²) in [6.45, 7) is -0.495. The molecule has 0 saturated heterocycles. The molecule has 0 atom stereocenters. The molecule has 0 bridgehead atoms. The molecule has 3 N–H and O–H groups in total. The minimum Gasteiger partial charge on any atom is -0.388 e. The second kappa shape index (κ2) is 5.48. The number of hydrogen-bond acceptors (Lipinski definition) is 5. The van der Waals surface area contributed by atoms with Crippen LogP contribution < -0.4 is 5.73 Å². The van der Waals surface area contributed by atoms with Crippen molar-refractivity contribution < 1.29 is 14.7 Å².